The van der Waals surface area contributed by atoms with Crippen molar-refractivity contribution in [2.75, 3.05) is 10.6 Å². The van der Waals surface area contributed by atoms with Gasteiger partial charge in [-0.2, -0.15) is 0 Å². The molecule has 0 aliphatic heterocycles. The van der Waals surface area contributed by atoms with Crippen molar-refractivity contribution in [2.45, 2.75) is 13.0 Å². The summed E-state index contributed by atoms with van der Waals surface area (Å²) in [6, 6.07) is 14.5. The Bertz CT molecular complexity index is 784. The molecular weight excluding hydrogens is 326 g/mol. The molecule has 0 fully saturated rings. The van der Waals surface area contributed by atoms with Crippen LogP contribution in [0.1, 0.15) is 11.3 Å². The number of benzene rings is 1. The lowest BCUT2D eigenvalue weighted by molar-refractivity contribution is -0.115. The predicted octanol–water partition coefficient (Wildman–Crippen LogP) is 4.12. The van der Waals surface area contributed by atoms with E-state index in [4.69, 9.17) is 16.0 Å². The van der Waals surface area contributed by atoms with Gasteiger partial charge in [-0.15, -0.1) is 0 Å². The number of carbonyl (C=O) groups is 1. The molecule has 0 atom stereocenters. The Hall–Kier alpha value is -2.79. The lowest BCUT2D eigenvalue weighted by Gasteiger charge is -2.07. The Morgan fingerprint density at radius 2 is 1.96 bits per heavy atom. The molecule has 122 valence electrons. The molecule has 1 amide bonds. The van der Waals surface area contributed by atoms with Crippen LogP contribution in [0.2, 0.25) is 5.02 Å². The molecule has 5 nitrogen and oxygen atoms in total. The first-order chi connectivity index (χ1) is 11.7. The summed E-state index contributed by atoms with van der Waals surface area (Å²) in [5, 5.41) is 6.62. The lowest BCUT2D eigenvalue weighted by Crippen LogP contribution is -2.15. The number of amides is 1. The molecular formula is C18H16ClN3O2. The number of hydrogen-bond acceptors (Lipinski definition) is 4. The van der Waals surface area contributed by atoms with Crippen molar-refractivity contribution in [3.63, 3.8) is 0 Å². The van der Waals surface area contributed by atoms with Crippen molar-refractivity contribution >= 4 is 29.0 Å². The summed E-state index contributed by atoms with van der Waals surface area (Å²) in [5.41, 5.74) is 1.75. The highest BCUT2D eigenvalue weighted by Gasteiger charge is 2.05. The molecule has 0 bridgehead atoms. The van der Waals surface area contributed by atoms with E-state index in [1.54, 1.807) is 30.7 Å². The number of nitrogens with one attached hydrogen (secondary N) is 2. The second-order valence-electron chi connectivity index (χ2n) is 5.22. The van der Waals surface area contributed by atoms with Gasteiger partial charge in [0, 0.05) is 5.02 Å². The zero-order chi connectivity index (χ0) is 16.8. The molecule has 0 unspecified atom stereocenters. The van der Waals surface area contributed by atoms with E-state index in [2.05, 4.69) is 15.6 Å². The summed E-state index contributed by atoms with van der Waals surface area (Å²) in [6.45, 7) is 0.580. The molecule has 2 N–H and O–H groups in total. The quantitative estimate of drug-likeness (QED) is 0.707. The maximum atomic E-state index is 12.0. The average Bonchev–Trinajstić information content (AvgIpc) is 3.10. The summed E-state index contributed by atoms with van der Waals surface area (Å²) < 4.78 is 5.25. The number of pyridine rings is 1. The van der Waals surface area contributed by atoms with Gasteiger partial charge in [-0.1, -0.05) is 23.7 Å². The van der Waals surface area contributed by atoms with Crippen LogP contribution in [0.4, 0.5) is 11.5 Å². The van der Waals surface area contributed by atoms with Crippen LogP contribution < -0.4 is 10.6 Å². The summed E-state index contributed by atoms with van der Waals surface area (Å²) in [7, 11) is 0. The maximum Gasteiger partial charge on any atom is 0.229 e. The minimum atomic E-state index is -0.124. The van der Waals surface area contributed by atoms with Gasteiger partial charge in [-0.05, 0) is 42.0 Å². The van der Waals surface area contributed by atoms with E-state index in [1.807, 2.05) is 30.3 Å². The van der Waals surface area contributed by atoms with Gasteiger partial charge < -0.3 is 15.1 Å². The normalized spacial score (nSPS) is 10.4. The second-order valence-corrected chi connectivity index (χ2v) is 5.65. The van der Waals surface area contributed by atoms with Crippen molar-refractivity contribution < 1.29 is 9.21 Å². The zero-order valence-electron chi connectivity index (χ0n) is 12.8. The van der Waals surface area contributed by atoms with Gasteiger partial charge >= 0.3 is 0 Å². The second kappa shape index (κ2) is 7.66. The number of aromatic nitrogens is 1. The van der Waals surface area contributed by atoms with Crippen LogP contribution in [0.15, 0.2) is 65.4 Å². The highest BCUT2D eigenvalue weighted by molar-refractivity contribution is 6.30. The van der Waals surface area contributed by atoms with E-state index in [0.717, 1.165) is 17.0 Å². The first-order valence-corrected chi connectivity index (χ1v) is 7.83. The number of anilines is 2. The molecule has 0 saturated heterocycles. The number of nitrogens with zero attached hydrogens (tertiary/aromatic N) is 1. The van der Waals surface area contributed by atoms with Crippen molar-refractivity contribution in [2.24, 2.45) is 0 Å². The van der Waals surface area contributed by atoms with Gasteiger partial charge in [0.1, 0.15) is 11.6 Å². The fourth-order valence-corrected chi connectivity index (χ4v) is 2.28. The molecule has 0 aliphatic rings. The van der Waals surface area contributed by atoms with Crippen LogP contribution in [-0.2, 0) is 17.8 Å². The molecule has 24 heavy (non-hydrogen) atoms. The molecule has 3 aromatic rings. The lowest BCUT2D eigenvalue weighted by atomic mass is 10.1. The maximum absolute atomic E-state index is 12.0. The van der Waals surface area contributed by atoms with Gasteiger partial charge in [0.25, 0.3) is 0 Å². The Labute approximate surface area is 144 Å². The highest BCUT2D eigenvalue weighted by Crippen LogP contribution is 2.13. The summed E-state index contributed by atoms with van der Waals surface area (Å²) >= 11 is 5.83. The van der Waals surface area contributed by atoms with Crippen LogP contribution in [0, 0.1) is 0 Å². The minimum absolute atomic E-state index is 0.124. The fraction of sp³-hybridized carbons (Fsp3) is 0.111. The van der Waals surface area contributed by atoms with Crippen LogP contribution >= 0.6 is 11.6 Å². The van der Waals surface area contributed by atoms with Gasteiger partial charge in [-0.3, -0.25) is 4.79 Å². The van der Waals surface area contributed by atoms with Crippen LogP contribution in [0.5, 0.6) is 0 Å². The molecule has 2 aromatic heterocycles. The third kappa shape index (κ3) is 4.60. The molecule has 0 radical (unpaired) electrons. The SMILES string of the molecule is O=C(Cc1ccc(Cl)cc1)Nc1ccc(NCc2ccco2)cn1. The molecule has 0 spiro atoms. The van der Waals surface area contributed by atoms with Crippen molar-refractivity contribution in [1.29, 1.82) is 0 Å². The fourth-order valence-electron chi connectivity index (χ4n) is 2.15. The molecule has 6 heteroatoms. The number of hydrogen-bond donors (Lipinski definition) is 2. The minimum Gasteiger partial charge on any atom is -0.467 e. The topological polar surface area (TPSA) is 67.2 Å². The van der Waals surface area contributed by atoms with Gasteiger partial charge in [0.05, 0.1) is 31.1 Å². The van der Waals surface area contributed by atoms with E-state index in [0.29, 0.717) is 17.4 Å². The Morgan fingerprint density at radius 1 is 1.12 bits per heavy atom. The average molecular weight is 342 g/mol. The van der Waals surface area contributed by atoms with Gasteiger partial charge in [0.2, 0.25) is 5.91 Å². The van der Waals surface area contributed by atoms with E-state index >= 15 is 0 Å². The molecule has 0 saturated carbocycles. The van der Waals surface area contributed by atoms with Crippen molar-refractivity contribution in [1.82, 2.24) is 4.98 Å². The summed E-state index contributed by atoms with van der Waals surface area (Å²) in [5.74, 6) is 1.23. The van der Waals surface area contributed by atoms with Gasteiger partial charge in [0.15, 0.2) is 0 Å². The van der Waals surface area contributed by atoms with E-state index in [9.17, 15) is 4.79 Å². The highest BCUT2D eigenvalue weighted by atomic mass is 35.5. The zero-order valence-corrected chi connectivity index (χ0v) is 13.6. The van der Waals surface area contributed by atoms with Gasteiger partial charge in [-0.25, -0.2) is 4.98 Å². The molecule has 2 heterocycles. The largest absolute Gasteiger partial charge is 0.467 e. The van der Waals surface area contributed by atoms with Crippen molar-refractivity contribution in [3.8, 4) is 0 Å². The number of furan rings is 1. The van der Waals surface area contributed by atoms with Crippen LogP contribution in [-0.4, -0.2) is 10.9 Å². The van der Waals surface area contributed by atoms with E-state index < -0.39 is 0 Å². The van der Waals surface area contributed by atoms with E-state index in [1.165, 1.54) is 0 Å². The van der Waals surface area contributed by atoms with E-state index in [-0.39, 0.29) is 12.3 Å². The Balaban J connectivity index is 1.51. The first-order valence-electron chi connectivity index (χ1n) is 7.46. The third-order valence-electron chi connectivity index (χ3n) is 3.36. The predicted molar refractivity (Wildman–Crippen MR) is 94.1 cm³/mol. The Morgan fingerprint density at radius 3 is 2.62 bits per heavy atom. The smallest absolute Gasteiger partial charge is 0.229 e. The molecule has 3 rings (SSSR count). The standard InChI is InChI=1S/C18H16ClN3O2/c19-14-5-3-13(4-6-14)10-18(23)22-17-8-7-15(11-21-17)20-12-16-2-1-9-24-16/h1-9,11,20H,10,12H2,(H,21,22,23). The van der Waals surface area contributed by atoms with Crippen molar-refractivity contribution in [3.05, 3.63) is 77.3 Å². The monoisotopic (exact) mass is 341 g/mol. The van der Waals surface area contributed by atoms with Crippen LogP contribution in [0.25, 0.3) is 0 Å². The Kier molecular flexibility index (Phi) is 5.13. The molecule has 0 aliphatic carbocycles. The number of rotatable bonds is 6. The number of halogens is 1. The number of carbonyl (C=O) groups excluding carboxylic acids is 1. The summed E-state index contributed by atoms with van der Waals surface area (Å²) in [6.07, 6.45) is 3.58. The summed E-state index contributed by atoms with van der Waals surface area (Å²) in [4.78, 5) is 16.2. The molecule has 1 aromatic carbocycles. The third-order valence-corrected chi connectivity index (χ3v) is 3.61. The van der Waals surface area contributed by atoms with Crippen LogP contribution in [0.3, 0.4) is 0 Å². The first kappa shape index (κ1) is 16.1.